The molecule has 0 radical (unpaired) electrons. The molecule has 1 aromatic carbocycles. The first kappa shape index (κ1) is 23.3. The number of fused-ring (bicyclic) bond motifs is 1. The van der Waals surface area contributed by atoms with Crippen LogP contribution in [0.1, 0.15) is 24.5 Å². The van der Waals surface area contributed by atoms with E-state index in [1.165, 1.54) is 15.4 Å². The van der Waals surface area contributed by atoms with Crippen LogP contribution in [-0.4, -0.2) is 69.4 Å². The molecular formula is C22H37N5OS+2. The Morgan fingerprint density at radius 3 is 2.52 bits per heavy atom. The molecule has 6 nitrogen and oxygen atoms in total. The lowest BCUT2D eigenvalue weighted by molar-refractivity contribution is -0.858. The van der Waals surface area contributed by atoms with E-state index >= 15 is 0 Å². The average Bonchev–Trinajstić information content (AvgIpc) is 2.67. The van der Waals surface area contributed by atoms with Crippen molar-refractivity contribution in [3.05, 3.63) is 45.7 Å². The number of nitrogens with one attached hydrogen (secondary N) is 4. The van der Waals surface area contributed by atoms with Crippen molar-refractivity contribution in [2.75, 3.05) is 54.4 Å². The van der Waals surface area contributed by atoms with E-state index in [9.17, 15) is 4.79 Å². The topological polar surface area (TPSA) is 57.0 Å². The van der Waals surface area contributed by atoms with Gasteiger partial charge in [-0.3, -0.25) is 4.79 Å². The van der Waals surface area contributed by atoms with Gasteiger partial charge in [0, 0.05) is 24.0 Å². The number of nitrogens with zero attached hydrogens (tertiary/aromatic N) is 1. The lowest BCUT2D eigenvalue weighted by Crippen LogP contribution is -3.06. The summed E-state index contributed by atoms with van der Waals surface area (Å²) in [6, 6.07) is 8.23. The van der Waals surface area contributed by atoms with Crippen LogP contribution in [0.5, 0.6) is 0 Å². The quantitative estimate of drug-likeness (QED) is 0.308. The molecule has 0 bridgehead atoms. The molecule has 1 aromatic heterocycles. The lowest BCUT2D eigenvalue weighted by atomic mass is 10.1. The summed E-state index contributed by atoms with van der Waals surface area (Å²) in [6.45, 7) is 6.36. The van der Waals surface area contributed by atoms with Gasteiger partial charge < -0.3 is 25.0 Å². The number of aromatic amines is 1. The third-order valence-corrected chi connectivity index (χ3v) is 5.46. The van der Waals surface area contributed by atoms with Gasteiger partial charge in [0.15, 0.2) is 5.11 Å². The van der Waals surface area contributed by atoms with Gasteiger partial charge in [-0.05, 0) is 47.8 Å². The number of hydrogen-bond acceptors (Lipinski definition) is 2. The fourth-order valence-corrected chi connectivity index (χ4v) is 3.46. The highest BCUT2D eigenvalue weighted by atomic mass is 32.1. The predicted octanol–water partition coefficient (Wildman–Crippen LogP) is -0.554. The molecule has 1 heterocycles. The van der Waals surface area contributed by atoms with Gasteiger partial charge in [0.1, 0.15) is 0 Å². The molecule has 2 aromatic rings. The Morgan fingerprint density at radius 2 is 1.86 bits per heavy atom. The molecule has 29 heavy (non-hydrogen) atoms. The van der Waals surface area contributed by atoms with Gasteiger partial charge in [0.25, 0.3) is 5.56 Å². The Bertz CT molecular complexity index is 862. The Balaban J connectivity index is 2.17. The number of likely N-dealkylation sites (N-methyl/N-ethyl adjacent to an activating group) is 1. The second-order valence-electron chi connectivity index (χ2n) is 8.32. The van der Waals surface area contributed by atoms with Gasteiger partial charge in [0.2, 0.25) is 0 Å². The standard InChI is InChI=1S/C22H35N5OS/c1-6-17-8-9-20-18(14-17)15-19(21(28)24-20)16-27(13-12-26(4)5)22(29)23-10-7-11-25(2)3/h8-9,14-15H,6-7,10-13,16H2,1-5H3,(H,23,29)(H,24,28)/p+2. The molecule has 0 atom stereocenters. The number of thiocarbonyl (C=S) groups is 1. The van der Waals surface area contributed by atoms with Crippen LogP contribution in [0.25, 0.3) is 10.9 Å². The van der Waals surface area contributed by atoms with Crippen molar-refractivity contribution in [3.8, 4) is 0 Å². The summed E-state index contributed by atoms with van der Waals surface area (Å²) in [5, 5.41) is 5.18. The minimum Gasteiger partial charge on any atom is -0.362 e. The predicted molar refractivity (Wildman–Crippen MR) is 125 cm³/mol. The molecule has 0 saturated heterocycles. The van der Waals surface area contributed by atoms with Crippen molar-refractivity contribution in [1.29, 1.82) is 0 Å². The summed E-state index contributed by atoms with van der Waals surface area (Å²) < 4.78 is 0. The van der Waals surface area contributed by atoms with Gasteiger partial charge in [-0.2, -0.15) is 0 Å². The SMILES string of the molecule is CCc1ccc2[nH]c(=O)c(CN(CC[NH+](C)C)C(=S)NCCC[NH+](C)C)cc2c1. The number of benzene rings is 1. The van der Waals surface area contributed by atoms with Gasteiger partial charge in [-0.15, -0.1) is 0 Å². The largest absolute Gasteiger partial charge is 0.362 e. The summed E-state index contributed by atoms with van der Waals surface area (Å²) in [6.07, 6.45) is 2.04. The first-order valence-electron chi connectivity index (χ1n) is 10.6. The highest BCUT2D eigenvalue weighted by Crippen LogP contribution is 2.15. The first-order chi connectivity index (χ1) is 13.8. The van der Waals surface area contributed by atoms with Gasteiger partial charge >= 0.3 is 0 Å². The fraction of sp³-hybridized carbons (Fsp3) is 0.545. The number of quaternary nitrogens is 2. The Kier molecular flexibility index (Phi) is 9.07. The van der Waals surface area contributed by atoms with E-state index in [1.807, 2.05) is 12.1 Å². The van der Waals surface area contributed by atoms with Crippen molar-refractivity contribution < 1.29 is 9.80 Å². The third-order valence-electron chi connectivity index (χ3n) is 5.05. The summed E-state index contributed by atoms with van der Waals surface area (Å²) in [5.74, 6) is 0. The van der Waals surface area contributed by atoms with E-state index in [0.717, 1.165) is 60.6 Å². The summed E-state index contributed by atoms with van der Waals surface area (Å²) >= 11 is 5.67. The molecule has 0 unspecified atom stereocenters. The monoisotopic (exact) mass is 419 g/mol. The minimum atomic E-state index is -0.0389. The van der Waals surface area contributed by atoms with Crippen LogP contribution in [0.4, 0.5) is 0 Å². The lowest BCUT2D eigenvalue weighted by Gasteiger charge is -2.26. The fourth-order valence-electron chi connectivity index (χ4n) is 3.20. The van der Waals surface area contributed by atoms with Crippen LogP contribution >= 0.6 is 12.2 Å². The zero-order valence-electron chi connectivity index (χ0n) is 18.5. The maximum atomic E-state index is 12.7. The molecule has 0 saturated carbocycles. The van der Waals surface area contributed by atoms with Crippen LogP contribution in [-0.2, 0) is 13.0 Å². The second kappa shape index (κ2) is 11.3. The average molecular weight is 420 g/mol. The number of aromatic nitrogens is 1. The molecule has 160 valence electrons. The Labute approximate surface area is 179 Å². The number of rotatable bonds is 10. The van der Waals surface area contributed by atoms with E-state index < -0.39 is 0 Å². The number of H-pyrrole nitrogens is 1. The molecule has 0 amide bonds. The van der Waals surface area contributed by atoms with Crippen molar-refractivity contribution in [3.63, 3.8) is 0 Å². The van der Waals surface area contributed by atoms with E-state index in [-0.39, 0.29) is 5.56 Å². The maximum absolute atomic E-state index is 12.7. The van der Waals surface area contributed by atoms with Crippen molar-refractivity contribution in [2.45, 2.75) is 26.3 Å². The van der Waals surface area contributed by atoms with E-state index in [2.05, 4.69) is 62.4 Å². The van der Waals surface area contributed by atoms with Crippen LogP contribution in [0, 0.1) is 0 Å². The number of pyridine rings is 1. The molecular weight excluding hydrogens is 382 g/mol. The second-order valence-corrected chi connectivity index (χ2v) is 8.71. The first-order valence-corrected chi connectivity index (χ1v) is 11.0. The Hall–Kier alpha value is -1.96. The molecule has 0 fully saturated rings. The molecule has 0 aliphatic heterocycles. The zero-order valence-corrected chi connectivity index (χ0v) is 19.3. The molecule has 7 heteroatoms. The van der Waals surface area contributed by atoms with E-state index in [4.69, 9.17) is 12.2 Å². The number of hydrogen-bond donors (Lipinski definition) is 4. The molecule has 2 rings (SSSR count). The van der Waals surface area contributed by atoms with Crippen LogP contribution < -0.4 is 20.7 Å². The molecule has 0 spiro atoms. The highest BCUT2D eigenvalue weighted by Gasteiger charge is 2.14. The summed E-state index contributed by atoms with van der Waals surface area (Å²) in [7, 11) is 8.56. The minimum absolute atomic E-state index is 0.0389. The van der Waals surface area contributed by atoms with E-state index in [0.29, 0.717) is 6.54 Å². The van der Waals surface area contributed by atoms with Crippen LogP contribution in [0.2, 0.25) is 0 Å². The molecule has 0 aliphatic carbocycles. The van der Waals surface area contributed by atoms with Gasteiger partial charge in [-0.25, -0.2) is 0 Å². The van der Waals surface area contributed by atoms with Crippen LogP contribution in [0.15, 0.2) is 29.1 Å². The van der Waals surface area contributed by atoms with Crippen molar-refractivity contribution >= 4 is 28.2 Å². The Morgan fingerprint density at radius 1 is 1.14 bits per heavy atom. The maximum Gasteiger partial charge on any atom is 0.253 e. The normalized spacial score (nSPS) is 11.4. The molecule has 0 aliphatic rings. The molecule has 4 N–H and O–H groups in total. The highest BCUT2D eigenvalue weighted by molar-refractivity contribution is 7.80. The van der Waals surface area contributed by atoms with Crippen molar-refractivity contribution in [1.82, 2.24) is 15.2 Å². The van der Waals surface area contributed by atoms with Crippen LogP contribution in [0.3, 0.4) is 0 Å². The third kappa shape index (κ3) is 7.42. The summed E-state index contributed by atoms with van der Waals surface area (Å²) in [4.78, 5) is 20.6. The smallest absolute Gasteiger partial charge is 0.253 e. The van der Waals surface area contributed by atoms with Gasteiger partial charge in [0.05, 0.1) is 54.4 Å². The van der Waals surface area contributed by atoms with E-state index in [1.54, 1.807) is 0 Å². The summed E-state index contributed by atoms with van der Waals surface area (Å²) in [5.41, 5.74) is 2.86. The van der Waals surface area contributed by atoms with Gasteiger partial charge in [-0.1, -0.05) is 13.0 Å². The van der Waals surface area contributed by atoms with Crippen molar-refractivity contribution in [2.24, 2.45) is 0 Å². The number of aryl methyl sites for hydroxylation is 1. The zero-order chi connectivity index (χ0) is 21.4.